The number of hydrogen-bond donors (Lipinski definition) is 5. The number of rotatable bonds is 10. The highest BCUT2D eigenvalue weighted by atomic mass is 32.1. The summed E-state index contributed by atoms with van der Waals surface area (Å²) in [7, 11) is -4.69. The molecule has 5 N–H and O–H groups in total. The number of amides is 1. The molecule has 1 aliphatic heterocycles. The molecular weight excluding hydrogens is 495 g/mol. The van der Waals surface area contributed by atoms with E-state index < -0.39 is 7.82 Å². The Labute approximate surface area is 206 Å². The molecule has 0 bridgehead atoms. The van der Waals surface area contributed by atoms with Crippen molar-refractivity contribution in [3.05, 3.63) is 63.6 Å². The van der Waals surface area contributed by atoms with Crippen LogP contribution < -0.4 is 10.5 Å². The predicted octanol–water partition coefficient (Wildman–Crippen LogP) is 2.69. The number of nitrogens with two attached hydrogens (primary N) is 1. The fraction of sp³-hybridized carbons (Fsp3) is 0.273. The van der Waals surface area contributed by atoms with Crippen LogP contribution in [-0.4, -0.2) is 54.4 Å². The number of thiol groups is 1. The number of carbonyl (C=O) groups is 1. The first-order valence-electron chi connectivity index (χ1n) is 10.5. The van der Waals surface area contributed by atoms with Gasteiger partial charge in [-0.1, -0.05) is 18.2 Å². The van der Waals surface area contributed by atoms with E-state index in [1.807, 2.05) is 30.3 Å². The summed E-state index contributed by atoms with van der Waals surface area (Å²) in [6.07, 6.45) is 3.98. The molecule has 3 rings (SSSR count). The molecule has 0 spiro atoms. The highest BCUT2D eigenvalue weighted by molar-refractivity contribution is 8.02. The SMILES string of the molecule is C/C(=C(CCOP(=O)(O)O)/[SH]=C(\O)C1=Cc2ccccc2OC1)N(C=O)Cc1cnc(C)nc1N. The molecule has 0 radical (unpaired) electrons. The summed E-state index contributed by atoms with van der Waals surface area (Å²) in [5, 5.41) is 10.9. The lowest BCUT2D eigenvalue weighted by Gasteiger charge is -2.22. The minimum atomic E-state index is -4.69. The van der Waals surface area contributed by atoms with Gasteiger partial charge in [-0.05, 0) is 26.0 Å². The third-order valence-electron chi connectivity index (χ3n) is 5.09. The van der Waals surface area contributed by atoms with Crippen LogP contribution in [0.2, 0.25) is 0 Å². The second-order valence-electron chi connectivity index (χ2n) is 7.60. The van der Waals surface area contributed by atoms with Crippen LogP contribution in [0.1, 0.15) is 30.3 Å². The van der Waals surface area contributed by atoms with Gasteiger partial charge in [-0.15, -0.1) is 11.4 Å². The standard InChI is InChI=1S/C22H27N4O7PS/c1-14(26(13-27)11-18-10-24-15(2)25-21(18)23)20(7-8-33-34(29,30)31)35-22(28)17-9-16-5-3-4-6-19(16)32-12-17/h3-6,9-10,13,28,35H,7-8,11-12H2,1-2H3,(H2,23,24,25)(H2,29,30,31)/b20-14-. The Hall–Kier alpha value is -2.86. The number of para-hydroxylation sites is 1. The van der Waals surface area contributed by atoms with E-state index in [1.165, 1.54) is 11.1 Å². The summed E-state index contributed by atoms with van der Waals surface area (Å²) in [5.41, 5.74) is 8.30. The van der Waals surface area contributed by atoms with Crippen molar-refractivity contribution in [3.8, 4) is 5.75 Å². The van der Waals surface area contributed by atoms with Crippen molar-refractivity contribution < 1.29 is 33.5 Å². The number of fused-ring (bicyclic) bond motifs is 1. The first-order valence-corrected chi connectivity index (χ1v) is 12.9. The predicted molar refractivity (Wildman–Crippen MR) is 135 cm³/mol. The number of benzene rings is 1. The Kier molecular flexibility index (Phi) is 8.95. The second-order valence-corrected chi connectivity index (χ2v) is 10.0. The number of anilines is 1. The summed E-state index contributed by atoms with van der Waals surface area (Å²) in [6.45, 7) is 3.25. The summed E-state index contributed by atoms with van der Waals surface area (Å²) in [4.78, 5) is 40.1. The van der Waals surface area contributed by atoms with Gasteiger partial charge in [0.15, 0.2) is 0 Å². The number of allylic oxidation sites excluding steroid dienone is 1. The zero-order chi connectivity index (χ0) is 25.6. The van der Waals surface area contributed by atoms with E-state index in [2.05, 4.69) is 14.5 Å². The van der Waals surface area contributed by atoms with Crippen LogP contribution in [0.5, 0.6) is 5.75 Å². The summed E-state index contributed by atoms with van der Waals surface area (Å²) < 4.78 is 21.4. The summed E-state index contributed by atoms with van der Waals surface area (Å²) in [6, 6.07) is 7.39. The molecule has 0 saturated carbocycles. The number of aliphatic hydroxyl groups is 1. The molecule has 1 aliphatic rings. The molecule has 2 aromatic rings. The van der Waals surface area contributed by atoms with E-state index in [0.29, 0.717) is 51.1 Å². The Morgan fingerprint density at radius 2 is 2.11 bits per heavy atom. The van der Waals surface area contributed by atoms with Crippen LogP contribution in [-0.2, 0) is 20.4 Å². The second kappa shape index (κ2) is 11.7. The van der Waals surface area contributed by atoms with Crippen molar-refractivity contribution in [3.63, 3.8) is 0 Å². The lowest BCUT2D eigenvalue weighted by atomic mass is 10.1. The number of aromatic nitrogens is 2. The van der Waals surface area contributed by atoms with E-state index in [-0.39, 0.29) is 37.0 Å². The van der Waals surface area contributed by atoms with Gasteiger partial charge in [-0.3, -0.25) is 9.32 Å². The van der Waals surface area contributed by atoms with E-state index in [0.717, 1.165) is 5.56 Å². The smallest absolute Gasteiger partial charge is 0.469 e. The number of hydrogen-bond acceptors (Lipinski definition) is 7. The molecule has 1 amide bonds. The zero-order valence-corrected chi connectivity index (χ0v) is 20.9. The van der Waals surface area contributed by atoms with Gasteiger partial charge in [0.25, 0.3) is 0 Å². The quantitative estimate of drug-likeness (QED) is 0.135. The van der Waals surface area contributed by atoms with Gasteiger partial charge in [-0.2, -0.15) is 0 Å². The molecule has 11 nitrogen and oxygen atoms in total. The molecule has 188 valence electrons. The van der Waals surface area contributed by atoms with Crippen molar-refractivity contribution >= 4 is 42.5 Å². The monoisotopic (exact) mass is 522 g/mol. The van der Waals surface area contributed by atoms with E-state index >= 15 is 0 Å². The largest absolute Gasteiger partial charge is 0.488 e. The van der Waals surface area contributed by atoms with Gasteiger partial charge in [0.05, 0.1) is 13.2 Å². The van der Waals surface area contributed by atoms with Gasteiger partial charge in [0, 0.05) is 39.9 Å². The molecular formula is C22H27N4O7PS. The maximum Gasteiger partial charge on any atom is 0.469 e. The van der Waals surface area contributed by atoms with Crippen molar-refractivity contribution in [2.45, 2.75) is 26.8 Å². The molecule has 2 heterocycles. The fourth-order valence-corrected chi connectivity index (χ4v) is 4.59. The molecule has 0 fully saturated rings. The van der Waals surface area contributed by atoms with Crippen LogP contribution >= 0.6 is 19.2 Å². The minimum absolute atomic E-state index is 0.0194. The Bertz CT molecular complexity index is 1240. The Balaban J connectivity index is 1.94. The van der Waals surface area contributed by atoms with E-state index in [9.17, 15) is 14.5 Å². The summed E-state index contributed by atoms with van der Waals surface area (Å²) in [5.74, 6) is 1.43. The van der Waals surface area contributed by atoms with Crippen LogP contribution in [0.4, 0.5) is 5.82 Å². The van der Waals surface area contributed by atoms with E-state index in [4.69, 9.17) is 20.3 Å². The Morgan fingerprint density at radius 1 is 1.37 bits per heavy atom. The molecule has 35 heavy (non-hydrogen) atoms. The normalized spacial score (nSPS) is 14.7. The van der Waals surface area contributed by atoms with Crippen molar-refractivity contribution in [2.75, 3.05) is 18.9 Å². The number of carbonyl (C=O) groups excluding carboxylic acids is 1. The number of nitrogens with zero attached hydrogens (tertiary/aromatic N) is 3. The van der Waals surface area contributed by atoms with Crippen LogP contribution in [0.15, 0.2) is 46.6 Å². The Morgan fingerprint density at radius 3 is 2.80 bits per heavy atom. The minimum Gasteiger partial charge on any atom is -0.488 e. The maximum absolute atomic E-state index is 11.9. The van der Waals surface area contributed by atoms with Crippen molar-refractivity contribution in [2.24, 2.45) is 0 Å². The zero-order valence-electron chi connectivity index (χ0n) is 19.2. The number of aliphatic hydroxyl groups excluding tert-OH is 1. The first-order chi connectivity index (χ1) is 16.6. The topological polar surface area (TPSA) is 168 Å². The lowest BCUT2D eigenvalue weighted by molar-refractivity contribution is -0.116. The summed E-state index contributed by atoms with van der Waals surface area (Å²) >= 11 is 0.326. The lowest BCUT2D eigenvalue weighted by Crippen LogP contribution is -2.22. The third kappa shape index (κ3) is 7.56. The number of ether oxygens (including phenoxy) is 1. The molecule has 13 heteroatoms. The number of phosphoric ester groups is 1. The van der Waals surface area contributed by atoms with Crippen LogP contribution in [0.25, 0.3) is 6.08 Å². The van der Waals surface area contributed by atoms with E-state index in [1.54, 1.807) is 13.8 Å². The highest BCUT2D eigenvalue weighted by Crippen LogP contribution is 2.37. The van der Waals surface area contributed by atoms with Gasteiger partial charge in [0.2, 0.25) is 6.41 Å². The number of phosphoric acid groups is 1. The molecule has 0 unspecified atom stereocenters. The molecule has 1 aromatic carbocycles. The number of nitrogen functional groups attached to an aromatic ring is 1. The first kappa shape index (κ1) is 26.7. The third-order valence-corrected chi connectivity index (χ3v) is 6.93. The van der Waals surface area contributed by atoms with Crippen LogP contribution in [0.3, 0.4) is 0 Å². The maximum atomic E-state index is 11.9. The fourth-order valence-electron chi connectivity index (χ4n) is 3.24. The average Bonchev–Trinajstić information content (AvgIpc) is 2.81. The molecule has 0 saturated heterocycles. The molecule has 0 atom stereocenters. The highest BCUT2D eigenvalue weighted by Gasteiger charge is 2.18. The van der Waals surface area contributed by atoms with Gasteiger partial charge in [-0.25, -0.2) is 14.5 Å². The molecule has 1 aromatic heterocycles. The van der Waals surface area contributed by atoms with Crippen LogP contribution in [0, 0.1) is 6.92 Å². The average molecular weight is 523 g/mol. The van der Waals surface area contributed by atoms with Crippen molar-refractivity contribution in [1.29, 1.82) is 0 Å². The molecule has 0 aliphatic carbocycles. The van der Waals surface area contributed by atoms with Gasteiger partial charge >= 0.3 is 7.82 Å². The van der Waals surface area contributed by atoms with Gasteiger partial charge < -0.3 is 30.3 Å². The van der Waals surface area contributed by atoms with Gasteiger partial charge in [0.1, 0.15) is 29.0 Å². The van der Waals surface area contributed by atoms with Crippen molar-refractivity contribution in [1.82, 2.24) is 14.9 Å². The number of aryl methyl sites for hydroxylation is 1.